The molecule has 0 aromatic rings. The van der Waals surface area contributed by atoms with Crippen molar-refractivity contribution in [1.82, 2.24) is 9.80 Å². The second-order valence-corrected chi connectivity index (χ2v) is 8.15. The lowest BCUT2D eigenvalue weighted by Crippen LogP contribution is -2.65. The summed E-state index contributed by atoms with van der Waals surface area (Å²) in [5.74, 6) is 0. The van der Waals surface area contributed by atoms with Crippen molar-refractivity contribution in [1.29, 1.82) is 0 Å². The fourth-order valence-corrected chi connectivity index (χ4v) is 2.92. The van der Waals surface area contributed by atoms with E-state index in [0.717, 1.165) is 12.8 Å². The number of piperazine rings is 1. The Hall–Kier alpha value is -1.46. The Morgan fingerprint density at radius 1 is 0.773 bits per heavy atom. The number of carbonyl (C=O) groups is 2. The standard InChI is InChI=1S/C16H28N2O4/c1-15(2,3)21-13(19)17-9-12-8-7-11(17)10-18(12)14(20)22-16(4,5)6/h11-12H,7-10H2,1-6H3. The first-order valence-corrected chi connectivity index (χ1v) is 7.95. The van der Waals surface area contributed by atoms with Gasteiger partial charge in [-0.05, 0) is 54.4 Å². The van der Waals surface area contributed by atoms with Gasteiger partial charge in [-0.25, -0.2) is 9.59 Å². The second kappa shape index (κ2) is 5.63. The molecule has 0 aliphatic carbocycles. The molecule has 3 saturated heterocycles. The summed E-state index contributed by atoms with van der Waals surface area (Å²) in [6, 6.07) is 0.0414. The first kappa shape index (κ1) is 16.9. The minimum absolute atomic E-state index is 0.0207. The van der Waals surface area contributed by atoms with Gasteiger partial charge in [-0.2, -0.15) is 0 Å². The van der Waals surface area contributed by atoms with Gasteiger partial charge in [0.2, 0.25) is 0 Å². The van der Waals surface area contributed by atoms with E-state index >= 15 is 0 Å². The molecule has 126 valence electrons. The number of hydrogen-bond donors (Lipinski definition) is 0. The Bertz CT molecular complexity index is 408. The molecule has 3 heterocycles. The summed E-state index contributed by atoms with van der Waals surface area (Å²) in [4.78, 5) is 28.1. The van der Waals surface area contributed by atoms with Crippen molar-refractivity contribution in [3.05, 3.63) is 0 Å². The highest BCUT2D eigenvalue weighted by Gasteiger charge is 2.45. The van der Waals surface area contributed by atoms with Gasteiger partial charge < -0.3 is 19.3 Å². The highest BCUT2D eigenvalue weighted by atomic mass is 16.6. The third kappa shape index (κ3) is 4.05. The molecule has 2 bridgehead atoms. The van der Waals surface area contributed by atoms with Crippen LogP contribution in [0, 0.1) is 0 Å². The lowest BCUT2D eigenvalue weighted by molar-refractivity contribution is -0.0512. The molecule has 2 unspecified atom stereocenters. The van der Waals surface area contributed by atoms with E-state index in [0.29, 0.717) is 13.1 Å². The van der Waals surface area contributed by atoms with E-state index in [1.807, 2.05) is 41.5 Å². The van der Waals surface area contributed by atoms with Crippen LogP contribution in [-0.4, -0.2) is 58.4 Å². The molecule has 0 N–H and O–H groups in total. The van der Waals surface area contributed by atoms with Crippen LogP contribution in [0.25, 0.3) is 0 Å². The molecule has 3 rings (SSSR count). The van der Waals surface area contributed by atoms with Gasteiger partial charge in [0, 0.05) is 13.1 Å². The molecular formula is C16H28N2O4. The Kier molecular flexibility index (Phi) is 4.33. The van der Waals surface area contributed by atoms with Crippen LogP contribution in [0.3, 0.4) is 0 Å². The zero-order chi connectivity index (χ0) is 16.7. The minimum atomic E-state index is -0.501. The Labute approximate surface area is 132 Å². The van der Waals surface area contributed by atoms with Crippen molar-refractivity contribution in [3.8, 4) is 0 Å². The molecule has 6 heteroatoms. The number of hydrogen-bond acceptors (Lipinski definition) is 4. The van der Waals surface area contributed by atoms with Gasteiger partial charge in [-0.15, -0.1) is 0 Å². The fourth-order valence-electron chi connectivity index (χ4n) is 2.92. The van der Waals surface area contributed by atoms with E-state index in [1.165, 1.54) is 0 Å². The zero-order valence-electron chi connectivity index (χ0n) is 14.5. The Morgan fingerprint density at radius 3 is 1.32 bits per heavy atom. The minimum Gasteiger partial charge on any atom is -0.444 e. The third-order valence-corrected chi connectivity index (χ3v) is 3.79. The first-order chi connectivity index (χ1) is 9.96. The summed E-state index contributed by atoms with van der Waals surface area (Å²) in [5, 5.41) is 0. The summed E-state index contributed by atoms with van der Waals surface area (Å²) in [6.07, 6.45) is 1.24. The van der Waals surface area contributed by atoms with Gasteiger partial charge in [0.05, 0.1) is 12.1 Å². The van der Waals surface area contributed by atoms with E-state index in [9.17, 15) is 9.59 Å². The third-order valence-electron chi connectivity index (χ3n) is 3.79. The number of ether oxygens (including phenoxy) is 2. The molecule has 3 fully saturated rings. The van der Waals surface area contributed by atoms with Crippen LogP contribution >= 0.6 is 0 Å². The van der Waals surface area contributed by atoms with Crippen molar-refractivity contribution >= 4 is 12.2 Å². The van der Waals surface area contributed by atoms with Crippen molar-refractivity contribution in [2.45, 2.75) is 77.7 Å². The highest BCUT2D eigenvalue weighted by molar-refractivity contribution is 5.72. The quantitative estimate of drug-likeness (QED) is 0.690. The molecule has 3 aliphatic heterocycles. The summed E-state index contributed by atoms with van der Waals surface area (Å²) >= 11 is 0. The van der Waals surface area contributed by atoms with Gasteiger partial charge >= 0.3 is 12.2 Å². The average molecular weight is 312 g/mol. The maximum Gasteiger partial charge on any atom is 0.410 e. The van der Waals surface area contributed by atoms with Crippen LogP contribution in [0.5, 0.6) is 0 Å². The molecule has 22 heavy (non-hydrogen) atoms. The van der Waals surface area contributed by atoms with Gasteiger partial charge in [-0.3, -0.25) is 0 Å². The Balaban J connectivity index is 2.00. The topological polar surface area (TPSA) is 59.1 Å². The number of carbonyl (C=O) groups excluding carboxylic acids is 2. The van der Waals surface area contributed by atoms with E-state index in [4.69, 9.17) is 9.47 Å². The van der Waals surface area contributed by atoms with Gasteiger partial charge in [-0.1, -0.05) is 0 Å². The van der Waals surface area contributed by atoms with E-state index in [1.54, 1.807) is 9.80 Å². The van der Waals surface area contributed by atoms with Crippen molar-refractivity contribution in [3.63, 3.8) is 0 Å². The first-order valence-electron chi connectivity index (χ1n) is 7.95. The summed E-state index contributed by atoms with van der Waals surface area (Å²) in [7, 11) is 0. The highest BCUT2D eigenvalue weighted by Crippen LogP contribution is 2.31. The maximum absolute atomic E-state index is 12.3. The Morgan fingerprint density at radius 2 is 1.09 bits per heavy atom. The molecule has 3 aliphatic rings. The summed E-state index contributed by atoms with van der Waals surface area (Å²) < 4.78 is 10.9. The summed E-state index contributed by atoms with van der Waals surface area (Å²) in [5.41, 5.74) is -1.00. The maximum atomic E-state index is 12.3. The van der Waals surface area contributed by atoms with Gasteiger partial charge in [0.1, 0.15) is 11.2 Å². The zero-order valence-corrected chi connectivity index (χ0v) is 14.5. The largest absolute Gasteiger partial charge is 0.444 e. The fraction of sp³-hybridized carbons (Fsp3) is 0.875. The number of nitrogens with zero attached hydrogens (tertiary/aromatic N) is 2. The molecular weight excluding hydrogens is 284 g/mol. The summed E-state index contributed by atoms with van der Waals surface area (Å²) in [6.45, 7) is 12.2. The van der Waals surface area contributed by atoms with Gasteiger partial charge in [0.15, 0.2) is 0 Å². The van der Waals surface area contributed by atoms with E-state index in [2.05, 4.69) is 0 Å². The van der Waals surface area contributed by atoms with Crippen LogP contribution in [0.4, 0.5) is 9.59 Å². The lowest BCUT2D eigenvalue weighted by Gasteiger charge is -2.50. The van der Waals surface area contributed by atoms with Crippen molar-refractivity contribution in [2.75, 3.05) is 13.1 Å². The number of piperidine rings is 2. The molecule has 0 aromatic heterocycles. The van der Waals surface area contributed by atoms with Crippen LogP contribution in [0.15, 0.2) is 0 Å². The average Bonchev–Trinajstić information content (AvgIpc) is 2.35. The van der Waals surface area contributed by atoms with E-state index < -0.39 is 11.2 Å². The SMILES string of the molecule is CC(C)(C)OC(=O)N1CC2CCC1CN2C(=O)OC(C)(C)C. The van der Waals surface area contributed by atoms with Crippen LogP contribution < -0.4 is 0 Å². The lowest BCUT2D eigenvalue weighted by atomic mass is 9.91. The number of rotatable bonds is 0. The van der Waals surface area contributed by atoms with Crippen LogP contribution in [-0.2, 0) is 9.47 Å². The number of amides is 2. The molecule has 0 radical (unpaired) electrons. The molecule has 6 nitrogen and oxygen atoms in total. The molecule has 2 amide bonds. The number of fused-ring (bicyclic) bond motifs is 3. The van der Waals surface area contributed by atoms with Gasteiger partial charge in [0.25, 0.3) is 0 Å². The second-order valence-electron chi connectivity index (χ2n) is 8.15. The molecule has 0 spiro atoms. The van der Waals surface area contributed by atoms with E-state index in [-0.39, 0.29) is 24.3 Å². The smallest absolute Gasteiger partial charge is 0.410 e. The van der Waals surface area contributed by atoms with Crippen LogP contribution in [0.2, 0.25) is 0 Å². The molecule has 0 aromatic carbocycles. The molecule has 0 saturated carbocycles. The normalized spacial score (nSPS) is 25.2. The predicted octanol–water partition coefficient (Wildman–Crippen LogP) is 3.01. The van der Waals surface area contributed by atoms with Crippen molar-refractivity contribution in [2.24, 2.45) is 0 Å². The molecule has 2 atom stereocenters. The van der Waals surface area contributed by atoms with Crippen LogP contribution in [0.1, 0.15) is 54.4 Å². The predicted molar refractivity (Wildman–Crippen MR) is 82.7 cm³/mol. The monoisotopic (exact) mass is 312 g/mol. The van der Waals surface area contributed by atoms with Crippen molar-refractivity contribution < 1.29 is 19.1 Å².